The van der Waals surface area contributed by atoms with Gasteiger partial charge in [0.25, 0.3) is 0 Å². The van der Waals surface area contributed by atoms with Crippen molar-refractivity contribution in [2.75, 3.05) is 25.0 Å². The number of alkyl halides is 3. The van der Waals surface area contributed by atoms with Crippen molar-refractivity contribution < 1.29 is 32.3 Å². The summed E-state index contributed by atoms with van der Waals surface area (Å²) in [6.07, 6.45) is -3.26. The Morgan fingerprint density at radius 2 is 1.93 bits per heavy atom. The number of urea groups is 1. The predicted octanol–water partition coefficient (Wildman–Crippen LogP) is 2.98. The van der Waals surface area contributed by atoms with E-state index in [-0.39, 0.29) is 24.2 Å². The molecular formula is C18H23F4N3O3. The quantitative estimate of drug-likeness (QED) is 0.659. The average Bonchev–Trinajstić information content (AvgIpc) is 2.62. The maximum Gasteiger partial charge on any atom is 0.419 e. The average molecular weight is 405 g/mol. The van der Waals surface area contributed by atoms with Crippen LogP contribution < -0.4 is 10.6 Å². The van der Waals surface area contributed by atoms with E-state index in [2.05, 4.69) is 10.6 Å². The molecule has 1 fully saturated rings. The van der Waals surface area contributed by atoms with Gasteiger partial charge in [-0.2, -0.15) is 13.2 Å². The van der Waals surface area contributed by atoms with Gasteiger partial charge in [-0.3, -0.25) is 4.79 Å². The lowest BCUT2D eigenvalue weighted by atomic mass is 10.0. The lowest BCUT2D eigenvalue weighted by Crippen LogP contribution is -2.49. The summed E-state index contributed by atoms with van der Waals surface area (Å²) in [6.45, 7) is 2.46. The highest BCUT2D eigenvalue weighted by atomic mass is 19.4. The van der Waals surface area contributed by atoms with Gasteiger partial charge >= 0.3 is 12.2 Å². The van der Waals surface area contributed by atoms with Crippen molar-refractivity contribution in [3.05, 3.63) is 29.6 Å². The van der Waals surface area contributed by atoms with Gasteiger partial charge in [0.1, 0.15) is 5.82 Å². The van der Waals surface area contributed by atoms with Gasteiger partial charge in [0.05, 0.1) is 18.1 Å². The van der Waals surface area contributed by atoms with Crippen molar-refractivity contribution in [2.24, 2.45) is 5.92 Å². The van der Waals surface area contributed by atoms with E-state index in [0.29, 0.717) is 44.5 Å². The van der Waals surface area contributed by atoms with Crippen molar-refractivity contribution in [3.63, 3.8) is 0 Å². The van der Waals surface area contributed by atoms with E-state index >= 15 is 0 Å². The Kier molecular flexibility index (Phi) is 7.22. The summed E-state index contributed by atoms with van der Waals surface area (Å²) in [4.78, 5) is 25.9. The third-order valence-corrected chi connectivity index (χ3v) is 4.74. The summed E-state index contributed by atoms with van der Waals surface area (Å²) >= 11 is 0. The normalized spacial score (nSPS) is 16.6. The van der Waals surface area contributed by atoms with E-state index in [1.165, 1.54) is 0 Å². The van der Waals surface area contributed by atoms with Crippen LogP contribution in [0.4, 0.5) is 28.0 Å². The molecular weight excluding hydrogens is 382 g/mol. The van der Waals surface area contributed by atoms with Crippen molar-refractivity contribution >= 4 is 17.6 Å². The lowest BCUT2D eigenvalue weighted by Gasteiger charge is -2.34. The van der Waals surface area contributed by atoms with Crippen LogP contribution in [0.3, 0.4) is 0 Å². The van der Waals surface area contributed by atoms with Crippen molar-refractivity contribution in [1.82, 2.24) is 10.2 Å². The molecule has 10 heteroatoms. The molecule has 0 radical (unpaired) electrons. The molecule has 156 valence electrons. The van der Waals surface area contributed by atoms with E-state index in [1.54, 1.807) is 4.90 Å². The molecule has 1 heterocycles. The maximum absolute atomic E-state index is 13.6. The SMILES string of the molecule is CCC(CO)C(=O)N1CCC(NC(=O)Nc2ccc(C(F)(F)F)c(F)c2)CC1. The molecule has 28 heavy (non-hydrogen) atoms. The molecule has 0 bridgehead atoms. The summed E-state index contributed by atoms with van der Waals surface area (Å²) in [7, 11) is 0. The second-order valence-corrected chi connectivity index (χ2v) is 6.68. The Hall–Kier alpha value is -2.36. The molecule has 0 aliphatic carbocycles. The minimum atomic E-state index is -4.80. The molecule has 1 aliphatic rings. The van der Waals surface area contributed by atoms with Gasteiger partial charge in [-0.25, -0.2) is 9.18 Å². The van der Waals surface area contributed by atoms with Crippen LogP contribution in [0.15, 0.2) is 18.2 Å². The molecule has 1 atom stereocenters. The lowest BCUT2D eigenvalue weighted by molar-refractivity contribution is -0.140. The molecule has 0 spiro atoms. The van der Waals surface area contributed by atoms with E-state index < -0.39 is 29.5 Å². The standard InChI is InChI=1S/C18H23F4N3O3/c1-2-11(10-26)16(27)25-7-5-12(6-8-25)23-17(28)24-13-3-4-14(15(19)9-13)18(20,21)22/h3-4,9,11-12,26H,2,5-8,10H2,1H3,(H2,23,24,28). The zero-order valence-electron chi connectivity index (χ0n) is 15.4. The number of amides is 3. The highest BCUT2D eigenvalue weighted by Gasteiger charge is 2.34. The fraction of sp³-hybridized carbons (Fsp3) is 0.556. The van der Waals surface area contributed by atoms with Crippen molar-refractivity contribution in [1.29, 1.82) is 0 Å². The van der Waals surface area contributed by atoms with Gasteiger partial charge in [-0.05, 0) is 37.5 Å². The predicted molar refractivity (Wildman–Crippen MR) is 94.0 cm³/mol. The van der Waals surface area contributed by atoms with Gasteiger partial charge in [-0.15, -0.1) is 0 Å². The number of carbonyl (C=O) groups is 2. The Balaban J connectivity index is 1.85. The fourth-order valence-corrected chi connectivity index (χ4v) is 3.06. The minimum Gasteiger partial charge on any atom is -0.396 e. The van der Waals surface area contributed by atoms with Crippen LogP contribution >= 0.6 is 0 Å². The summed E-state index contributed by atoms with van der Waals surface area (Å²) in [5, 5.41) is 14.2. The monoisotopic (exact) mass is 405 g/mol. The molecule has 3 N–H and O–H groups in total. The summed E-state index contributed by atoms with van der Waals surface area (Å²) < 4.78 is 51.2. The third-order valence-electron chi connectivity index (χ3n) is 4.74. The number of nitrogens with zero attached hydrogens (tertiary/aromatic N) is 1. The number of piperidine rings is 1. The third kappa shape index (κ3) is 5.57. The summed E-state index contributed by atoms with van der Waals surface area (Å²) in [5.41, 5.74) is -1.49. The van der Waals surface area contributed by atoms with Crippen LogP contribution in [-0.2, 0) is 11.0 Å². The van der Waals surface area contributed by atoms with Gasteiger partial charge in [0.2, 0.25) is 5.91 Å². The molecule has 6 nitrogen and oxygen atoms in total. The van der Waals surface area contributed by atoms with Crippen LogP contribution in [0.25, 0.3) is 0 Å². The molecule has 1 unspecified atom stereocenters. The summed E-state index contributed by atoms with van der Waals surface area (Å²) in [5.74, 6) is -2.01. The number of halogens is 4. The van der Waals surface area contributed by atoms with Crippen LogP contribution in [0.5, 0.6) is 0 Å². The van der Waals surface area contributed by atoms with Gasteiger partial charge in [0, 0.05) is 24.8 Å². The maximum atomic E-state index is 13.6. The van der Waals surface area contributed by atoms with Gasteiger partial charge in [-0.1, -0.05) is 6.92 Å². The Morgan fingerprint density at radius 1 is 1.29 bits per heavy atom. The molecule has 1 aromatic carbocycles. The van der Waals surface area contributed by atoms with E-state index in [4.69, 9.17) is 0 Å². The largest absolute Gasteiger partial charge is 0.419 e. The number of likely N-dealkylation sites (tertiary alicyclic amines) is 1. The van der Waals surface area contributed by atoms with Crippen LogP contribution in [0.2, 0.25) is 0 Å². The van der Waals surface area contributed by atoms with Crippen molar-refractivity contribution in [3.8, 4) is 0 Å². The number of aliphatic hydroxyl groups excluding tert-OH is 1. The number of hydrogen-bond acceptors (Lipinski definition) is 3. The zero-order chi connectivity index (χ0) is 20.9. The topological polar surface area (TPSA) is 81.7 Å². The first-order valence-electron chi connectivity index (χ1n) is 8.99. The Bertz CT molecular complexity index is 700. The molecule has 0 aromatic heterocycles. The number of nitrogens with one attached hydrogen (secondary N) is 2. The number of carbonyl (C=O) groups excluding carboxylic acids is 2. The first-order valence-corrected chi connectivity index (χ1v) is 8.99. The van der Waals surface area contributed by atoms with Crippen LogP contribution in [0.1, 0.15) is 31.7 Å². The molecule has 1 aromatic rings. The van der Waals surface area contributed by atoms with Gasteiger partial charge in [0.15, 0.2) is 0 Å². The number of anilines is 1. The smallest absolute Gasteiger partial charge is 0.396 e. The molecule has 3 amide bonds. The molecule has 0 saturated carbocycles. The second kappa shape index (κ2) is 9.22. The number of benzene rings is 1. The highest BCUT2D eigenvalue weighted by Crippen LogP contribution is 2.32. The first kappa shape index (κ1) is 21.9. The fourth-order valence-electron chi connectivity index (χ4n) is 3.06. The first-order chi connectivity index (χ1) is 13.2. The molecule has 1 saturated heterocycles. The molecule has 2 rings (SSSR count). The minimum absolute atomic E-state index is 0.0932. The van der Waals surface area contributed by atoms with E-state index in [0.717, 1.165) is 6.07 Å². The molecule has 1 aliphatic heterocycles. The zero-order valence-corrected chi connectivity index (χ0v) is 15.4. The Labute approximate surface area is 159 Å². The highest BCUT2D eigenvalue weighted by molar-refractivity contribution is 5.89. The number of hydrogen-bond donors (Lipinski definition) is 3. The number of aliphatic hydroxyl groups is 1. The van der Waals surface area contributed by atoms with Crippen LogP contribution in [0, 0.1) is 11.7 Å². The van der Waals surface area contributed by atoms with E-state index in [1.807, 2.05) is 6.92 Å². The van der Waals surface area contributed by atoms with E-state index in [9.17, 15) is 32.3 Å². The van der Waals surface area contributed by atoms with Crippen molar-refractivity contribution in [2.45, 2.75) is 38.4 Å². The summed E-state index contributed by atoms with van der Waals surface area (Å²) in [6, 6.07) is 1.28. The second-order valence-electron chi connectivity index (χ2n) is 6.68. The van der Waals surface area contributed by atoms with Gasteiger partial charge < -0.3 is 20.6 Å². The number of rotatable bonds is 5. The van der Waals surface area contributed by atoms with Crippen LogP contribution in [-0.4, -0.2) is 47.7 Å². The Morgan fingerprint density at radius 3 is 2.43 bits per heavy atom.